The first-order valence-electron chi connectivity index (χ1n) is 12.6. The molecule has 2 aromatic carbocycles. The lowest BCUT2D eigenvalue weighted by atomic mass is 9.93. The van der Waals surface area contributed by atoms with Crippen molar-refractivity contribution in [3.8, 4) is 5.88 Å². The molecule has 184 valence electrons. The monoisotopic (exact) mass is 497 g/mol. The number of thiazole rings is 1. The van der Waals surface area contributed by atoms with Crippen LogP contribution >= 0.6 is 11.3 Å². The van der Waals surface area contributed by atoms with Crippen LogP contribution in [-0.2, 0) is 20.2 Å². The molecule has 36 heavy (non-hydrogen) atoms. The zero-order valence-electron chi connectivity index (χ0n) is 21.1. The number of rotatable bonds is 6. The fourth-order valence-corrected chi connectivity index (χ4v) is 6.12. The van der Waals surface area contributed by atoms with E-state index in [0.29, 0.717) is 18.4 Å². The highest BCUT2D eigenvalue weighted by molar-refractivity contribution is 7.18. The highest BCUT2D eigenvalue weighted by atomic mass is 32.1. The van der Waals surface area contributed by atoms with Gasteiger partial charge in [0.05, 0.1) is 32.8 Å². The van der Waals surface area contributed by atoms with Gasteiger partial charge in [0.2, 0.25) is 5.88 Å². The number of imidazole rings is 1. The first-order valence-corrected chi connectivity index (χ1v) is 13.4. The number of benzene rings is 2. The van der Waals surface area contributed by atoms with Crippen molar-refractivity contribution >= 4 is 32.6 Å². The van der Waals surface area contributed by atoms with Crippen LogP contribution in [0, 0.1) is 13.8 Å². The van der Waals surface area contributed by atoms with E-state index in [2.05, 4.69) is 70.9 Å². The van der Waals surface area contributed by atoms with Crippen molar-refractivity contribution in [3.63, 3.8) is 0 Å². The molecule has 0 aliphatic carbocycles. The first-order chi connectivity index (χ1) is 17.5. The second-order valence-electron chi connectivity index (χ2n) is 9.82. The Balaban J connectivity index is 1.08. The Morgan fingerprint density at radius 1 is 0.944 bits per heavy atom. The van der Waals surface area contributed by atoms with Gasteiger partial charge in [-0.15, -0.1) is 11.3 Å². The van der Waals surface area contributed by atoms with Crippen LogP contribution in [0.1, 0.15) is 46.4 Å². The minimum Gasteiger partial charge on any atom is -0.473 e. The summed E-state index contributed by atoms with van der Waals surface area (Å²) < 4.78 is 9.57. The van der Waals surface area contributed by atoms with Crippen molar-refractivity contribution in [2.75, 3.05) is 13.1 Å². The van der Waals surface area contributed by atoms with Crippen molar-refractivity contribution in [1.82, 2.24) is 24.4 Å². The molecule has 7 heteroatoms. The third-order valence-corrected chi connectivity index (χ3v) is 8.29. The van der Waals surface area contributed by atoms with E-state index < -0.39 is 0 Å². The second kappa shape index (κ2) is 9.64. The molecule has 1 aliphatic heterocycles. The molecular formula is C29H31N5OS. The van der Waals surface area contributed by atoms with E-state index in [0.717, 1.165) is 65.6 Å². The molecule has 3 aromatic heterocycles. The maximum absolute atomic E-state index is 6.14. The molecule has 0 N–H and O–H groups in total. The third kappa shape index (κ3) is 4.61. The van der Waals surface area contributed by atoms with Gasteiger partial charge < -0.3 is 9.30 Å². The average Bonchev–Trinajstić information content (AvgIpc) is 3.42. The van der Waals surface area contributed by atoms with Crippen LogP contribution in [0.3, 0.4) is 0 Å². The lowest BCUT2D eigenvalue weighted by Crippen LogP contribution is -2.33. The summed E-state index contributed by atoms with van der Waals surface area (Å²) >= 11 is 1.72. The van der Waals surface area contributed by atoms with Gasteiger partial charge in [-0.1, -0.05) is 24.3 Å². The van der Waals surface area contributed by atoms with Gasteiger partial charge in [0.15, 0.2) is 0 Å². The van der Waals surface area contributed by atoms with E-state index >= 15 is 0 Å². The number of hydrogen-bond acceptors (Lipinski definition) is 6. The van der Waals surface area contributed by atoms with Crippen molar-refractivity contribution in [3.05, 3.63) is 82.3 Å². The number of hydrogen-bond donors (Lipinski definition) is 0. The van der Waals surface area contributed by atoms with Crippen molar-refractivity contribution in [2.45, 2.75) is 45.8 Å². The van der Waals surface area contributed by atoms with Gasteiger partial charge in [-0.25, -0.2) is 15.0 Å². The first kappa shape index (κ1) is 23.1. The molecule has 0 atom stereocenters. The van der Waals surface area contributed by atoms with E-state index in [-0.39, 0.29) is 0 Å². The highest BCUT2D eigenvalue weighted by Crippen LogP contribution is 2.30. The Morgan fingerprint density at radius 3 is 2.64 bits per heavy atom. The van der Waals surface area contributed by atoms with E-state index in [1.807, 2.05) is 19.1 Å². The van der Waals surface area contributed by atoms with Crippen LogP contribution < -0.4 is 4.74 Å². The highest BCUT2D eigenvalue weighted by Gasteiger charge is 2.23. The molecule has 1 saturated heterocycles. The van der Waals surface area contributed by atoms with Gasteiger partial charge in [0.1, 0.15) is 12.4 Å². The summed E-state index contributed by atoms with van der Waals surface area (Å²) in [5.41, 5.74) is 6.88. The fourth-order valence-electron chi connectivity index (χ4n) is 5.21. The summed E-state index contributed by atoms with van der Waals surface area (Å²) in [5, 5.41) is 1.08. The van der Waals surface area contributed by atoms with Crippen molar-refractivity contribution in [2.24, 2.45) is 7.05 Å². The smallest absolute Gasteiger partial charge is 0.213 e. The van der Waals surface area contributed by atoms with Crippen LogP contribution in [0.15, 0.2) is 54.6 Å². The number of fused-ring (bicyclic) bond motifs is 2. The van der Waals surface area contributed by atoms with Crippen LogP contribution in [0.25, 0.3) is 21.3 Å². The summed E-state index contributed by atoms with van der Waals surface area (Å²) in [7, 11) is 2.12. The van der Waals surface area contributed by atoms with Crippen LogP contribution in [0.5, 0.6) is 5.88 Å². The molecule has 0 unspecified atom stereocenters. The number of aromatic nitrogens is 4. The predicted molar refractivity (Wildman–Crippen MR) is 146 cm³/mol. The number of pyridine rings is 1. The zero-order valence-corrected chi connectivity index (χ0v) is 21.9. The number of piperidine rings is 1. The summed E-state index contributed by atoms with van der Waals surface area (Å²) in [4.78, 5) is 16.9. The topological polar surface area (TPSA) is 56.1 Å². The maximum Gasteiger partial charge on any atom is 0.213 e. The quantitative estimate of drug-likeness (QED) is 0.281. The van der Waals surface area contributed by atoms with Gasteiger partial charge in [0.25, 0.3) is 0 Å². The molecule has 6 rings (SSSR count). The number of aryl methyl sites for hydroxylation is 3. The molecule has 0 amide bonds. The molecule has 1 aliphatic rings. The van der Waals surface area contributed by atoms with Gasteiger partial charge >= 0.3 is 0 Å². The van der Waals surface area contributed by atoms with Gasteiger partial charge in [-0.05, 0) is 69.6 Å². The molecule has 5 aromatic rings. The largest absolute Gasteiger partial charge is 0.473 e. The number of likely N-dealkylation sites (tertiary alicyclic amines) is 1. The Bertz CT molecular complexity index is 1530. The van der Waals surface area contributed by atoms with Crippen LogP contribution in [-0.4, -0.2) is 37.5 Å². The summed E-state index contributed by atoms with van der Waals surface area (Å²) in [6, 6.07) is 18.9. The molecule has 6 nitrogen and oxygen atoms in total. The molecule has 0 spiro atoms. The Kier molecular flexibility index (Phi) is 6.19. The maximum atomic E-state index is 6.14. The summed E-state index contributed by atoms with van der Waals surface area (Å²) in [6.07, 6.45) is 2.19. The third-order valence-electron chi connectivity index (χ3n) is 7.22. The number of ether oxygens (including phenoxy) is 1. The van der Waals surface area contributed by atoms with E-state index in [1.54, 1.807) is 11.3 Å². The minimum atomic E-state index is 0.459. The van der Waals surface area contributed by atoms with E-state index in [9.17, 15) is 0 Å². The molecule has 0 saturated carbocycles. The zero-order chi connectivity index (χ0) is 24.6. The summed E-state index contributed by atoms with van der Waals surface area (Å²) in [5.74, 6) is 2.29. The van der Waals surface area contributed by atoms with Crippen molar-refractivity contribution < 1.29 is 4.74 Å². The van der Waals surface area contributed by atoms with E-state index in [1.165, 1.54) is 15.8 Å². The molecule has 1 fully saturated rings. The summed E-state index contributed by atoms with van der Waals surface area (Å²) in [6.45, 7) is 7.65. The van der Waals surface area contributed by atoms with E-state index in [4.69, 9.17) is 14.7 Å². The second-order valence-corrected chi connectivity index (χ2v) is 11.0. The van der Waals surface area contributed by atoms with Gasteiger partial charge in [-0.3, -0.25) is 4.90 Å². The Hall–Kier alpha value is -3.29. The standard InChI is InChI=1S/C29H31N5OS/c1-19-10-11-26-25(16-19)31-27(33(26)3)17-34-14-12-21(13-15-34)23-7-5-9-28(32-23)35-18-22-6-4-8-24-29(22)36-20(2)30-24/h4-11,16,21H,12-15,17-18H2,1-3H3. The van der Waals surface area contributed by atoms with Gasteiger partial charge in [-0.2, -0.15) is 0 Å². The molecule has 4 heterocycles. The normalized spacial score (nSPS) is 15.2. The SMILES string of the molecule is Cc1ccc2c(c1)nc(CN1CCC(c3cccc(OCc4cccc5nc(C)sc45)n3)CC1)n2C. The predicted octanol–water partition coefficient (Wildman–Crippen LogP) is 6.15. The molecule has 0 radical (unpaired) electrons. The van der Waals surface area contributed by atoms with Crippen molar-refractivity contribution in [1.29, 1.82) is 0 Å². The molecular weight excluding hydrogens is 466 g/mol. The van der Waals surface area contributed by atoms with Gasteiger partial charge in [0, 0.05) is 30.3 Å². The average molecular weight is 498 g/mol. The lowest BCUT2D eigenvalue weighted by molar-refractivity contribution is 0.197. The Labute approximate surface area is 215 Å². The van der Waals surface area contributed by atoms with Crippen LogP contribution in [0.2, 0.25) is 0 Å². The Morgan fingerprint density at radius 2 is 1.78 bits per heavy atom. The number of nitrogens with zero attached hydrogens (tertiary/aromatic N) is 5. The minimum absolute atomic E-state index is 0.459. The molecule has 0 bridgehead atoms. The fraction of sp³-hybridized carbons (Fsp3) is 0.345. The van der Waals surface area contributed by atoms with Crippen LogP contribution in [0.4, 0.5) is 0 Å². The lowest BCUT2D eigenvalue weighted by Gasteiger charge is -2.31.